The van der Waals surface area contributed by atoms with E-state index in [9.17, 15) is 4.79 Å². The van der Waals surface area contributed by atoms with Crippen molar-refractivity contribution in [2.24, 2.45) is 11.7 Å². The van der Waals surface area contributed by atoms with E-state index in [-0.39, 0.29) is 12.0 Å². The largest absolute Gasteiger partial charge is 0.466 e. The van der Waals surface area contributed by atoms with E-state index >= 15 is 0 Å². The summed E-state index contributed by atoms with van der Waals surface area (Å²) in [6, 6.07) is 0.236. The molecule has 1 fully saturated rings. The van der Waals surface area contributed by atoms with Crippen molar-refractivity contribution in [1.29, 1.82) is 0 Å². The number of carbonyl (C=O) groups is 1. The molecule has 0 spiro atoms. The molecule has 2 N–H and O–H groups in total. The van der Waals surface area contributed by atoms with Gasteiger partial charge in [0, 0.05) is 12.5 Å². The second-order valence-electron chi connectivity index (χ2n) is 3.01. The van der Waals surface area contributed by atoms with E-state index in [0.717, 1.165) is 12.8 Å². The molecule has 0 aromatic rings. The van der Waals surface area contributed by atoms with Crippen LogP contribution in [-0.2, 0) is 9.53 Å². The van der Waals surface area contributed by atoms with Gasteiger partial charge < -0.3 is 10.5 Å². The van der Waals surface area contributed by atoms with E-state index in [0.29, 0.717) is 18.9 Å². The van der Waals surface area contributed by atoms with Crippen molar-refractivity contribution in [3.8, 4) is 0 Å². The second kappa shape index (κ2) is 3.72. The first-order valence-corrected chi connectivity index (χ1v) is 4.15. The minimum absolute atomic E-state index is 0.104. The summed E-state index contributed by atoms with van der Waals surface area (Å²) in [6.45, 7) is 2.29. The summed E-state index contributed by atoms with van der Waals surface area (Å²) in [6.07, 6.45) is 2.65. The fourth-order valence-corrected chi connectivity index (χ4v) is 1.28. The highest BCUT2D eigenvalue weighted by molar-refractivity contribution is 5.69. The third-order valence-electron chi connectivity index (χ3n) is 2.21. The number of ether oxygens (including phenoxy) is 1. The van der Waals surface area contributed by atoms with Crippen molar-refractivity contribution in [2.45, 2.75) is 32.2 Å². The van der Waals surface area contributed by atoms with Crippen LogP contribution in [0.2, 0.25) is 0 Å². The molecule has 0 amide bonds. The number of hydrogen-bond donors (Lipinski definition) is 1. The Morgan fingerprint density at radius 3 is 2.73 bits per heavy atom. The highest BCUT2D eigenvalue weighted by Crippen LogP contribution is 2.28. The topological polar surface area (TPSA) is 52.3 Å². The quantitative estimate of drug-likeness (QED) is 0.613. The van der Waals surface area contributed by atoms with E-state index < -0.39 is 0 Å². The average Bonchev–Trinajstić information content (AvgIpc) is 1.98. The molecular formula is C8H15NO2. The molecule has 0 saturated heterocycles. The summed E-state index contributed by atoms with van der Waals surface area (Å²) in [5.74, 6) is 0.279. The molecule has 1 saturated carbocycles. The SMILES string of the molecule is CCOC(=O)C[C@H]1CC[C@H]1N. The van der Waals surface area contributed by atoms with Gasteiger partial charge in [-0.2, -0.15) is 0 Å². The van der Waals surface area contributed by atoms with Crippen molar-refractivity contribution in [1.82, 2.24) is 0 Å². The maximum atomic E-state index is 10.9. The van der Waals surface area contributed by atoms with Gasteiger partial charge in [0.25, 0.3) is 0 Å². The van der Waals surface area contributed by atoms with Crippen LogP contribution >= 0.6 is 0 Å². The third kappa shape index (κ3) is 2.19. The van der Waals surface area contributed by atoms with Gasteiger partial charge in [0.1, 0.15) is 0 Å². The lowest BCUT2D eigenvalue weighted by Crippen LogP contribution is -2.40. The molecule has 0 aliphatic heterocycles. The first-order chi connectivity index (χ1) is 5.24. The summed E-state index contributed by atoms with van der Waals surface area (Å²) >= 11 is 0. The minimum atomic E-state index is -0.104. The normalized spacial score (nSPS) is 29.3. The Hall–Kier alpha value is -0.570. The molecule has 0 heterocycles. The van der Waals surface area contributed by atoms with Crippen molar-refractivity contribution < 1.29 is 9.53 Å². The maximum Gasteiger partial charge on any atom is 0.306 e. The third-order valence-corrected chi connectivity index (χ3v) is 2.21. The highest BCUT2D eigenvalue weighted by Gasteiger charge is 2.29. The van der Waals surface area contributed by atoms with Crippen LogP contribution in [0, 0.1) is 5.92 Å². The van der Waals surface area contributed by atoms with Gasteiger partial charge in [0.2, 0.25) is 0 Å². The van der Waals surface area contributed by atoms with Crippen LogP contribution in [0.4, 0.5) is 0 Å². The average molecular weight is 157 g/mol. The summed E-state index contributed by atoms with van der Waals surface area (Å²) < 4.78 is 4.80. The molecule has 2 atom stereocenters. The van der Waals surface area contributed by atoms with Crippen LogP contribution in [0.3, 0.4) is 0 Å². The Balaban J connectivity index is 2.14. The first kappa shape index (κ1) is 8.53. The highest BCUT2D eigenvalue weighted by atomic mass is 16.5. The molecule has 3 nitrogen and oxygen atoms in total. The fourth-order valence-electron chi connectivity index (χ4n) is 1.28. The zero-order valence-corrected chi connectivity index (χ0v) is 6.88. The fraction of sp³-hybridized carbons (Fsp3) is 0.875. The molecule has 11 heavy (non-hydrogen) atoms. The molecule has 1 rings (SSSR count). The predicted molar refractivity (Wildman–Crippen MR) is 41.9 cm³/mol. The second-order valence-corrected chi connectivity index (χ2v) is 3.01. The van der Waals surface area contributed by atoms with Crippen LogP contribution in [0.1, 0.15) is 26.2 Å². The smallest absolute Gasteiger partial charge is 0.306 e. The number of carbonyl (C=O) groups excluding carboxylic acids is 1. The van der Waals surface area contributed by atoms with Gasteiger partial charge in [0.05, 0.1) is 6.61 Å². The van der Waals surface area contributed by atoms with E-state index in [1.165, 1.54) is 0 Å². The molecule has 0 bridgehead atoms. The maximum absolute atomic E-state index is 10.9. The Kier molecular flexibility index (Phi) is 2.88. The molecule has 1 aliphatic rings. The molecule has 0 aromatic heterocycles. The lowest BCUT2D eigenvalue weighted by atomic mass is 9.78. The number of rotatable bonds is 3. The number of esters is 1. The summed E-state index contributed by atoms with van der Waals surface area (Å²) in [5.41, 5.74) is 5.66. The zero-order valence-electron chi connectivity index (χ0n) is 6.88. The molecule has 64 valence electrons. The van der Waals surface area contributed by atoms with Crippen LogP contribution in [-0.4, -0.2) is 18.6 Å². The Bertz CT molecular complexity index is 147. The molecule has 0 radical (unpaired) electrons. The standard InChI is InChI=1S/C8H15NO2/c1-2-11-8(10)5-6-3-4-7(6)9/h6-7H,2-5,9H2,1H3/t6-,7-/m1/s1. The van der Waals surface area contributed by atoms with E-state index in [2.05, 4.69) is 0 Å². The minimum Gasteiger partial charge on any atom is -0.466 e. The van der Waals surface area contributed by atoms with Crippen molar-refractivity contribution in [3.05, 3.63) is 0 Å². The van der Waals surface area contributed by atoms with Crippen LogP contribution in [0.5, 0.6) is 0 Å². The molecule has 0 unspecified atom stereocenters. The van der Waals surface area contributed by atoms with Gasteiger partial charge in [-0.05, 0) is 25.7 Å². The van der Waals surface area contributed by atoms with Crippen LogP contribution in [0.15, 0.2) is 0 Å². The molecule has 1 aliphatic carbocycles. The van der Waals surface area contributed by atoms with Gasteiger partial charge in [-0.15, -0.1) is 0 Å². The van der Waals surface area contributed by atoms with Crippen LogP contribution in [0.25, 0.3) is 0 Å². The van der Waals surface area contributed by atoms with Gasteiger partial charge in [0.15, 0.2) is 0 Å². The zero-order chi connectivity index (χ0) is 8.27. The van der Waals surface area contributed by atoms with Crippen molar-refractivity contribution >= 4 is 5.97 Å². The van der Waals surface area contributed by atoms with Gasteiger partial charge in [-0.25, -0.2) is 0 Å². The molecular weight excluding hydrogens is 142 g/mol. The predicted octanol–water partition coefficient (Wildman–Crippen LogP) is 0.677. The summed E-state index contributed by atoms with van der Waals surface area (Å²) in [5, 5.41) is 0. The Labute approximate surface area is 66.9 Å². The lowest BCUT2D eigenvalue weighted by molar-refractivity contribution is -0.145. The molecule has 0 aromatic carbocycles. The Morgan fingerprint density at radius 2 is 2.36 bits per heavy atom. The number of nitrogens with two attached hydrogens (primary N) is 1. The van der Waals surface area contributed by atoms with E-state index in [1.807, 2.05) is 6.92 Å². The van der Waals surface area contributed by atoms with E-state index in [4.69, 9.17) is 10.5 Å². The van der Waals surface area contributed by atoms with Crippen molar-refractivity contribution in [3.63, 3.8) is 0 Å². The Morgan fingerprint density at radius 1 is 1.64 bits per heavy atom. The van der Waals surface area contributed by atoms with Crippen LogP contribution < -0.4 is 5.73 Å². The lowest BCUT2D eigenvalue weighted by Gasteiger charge is -2.32. The summed E-state index contributed by atoms with van der Waals surface area (Å²) in [4.78, 5) is 10.9. The summed E-state index contributed by atoms with van der Waals surface area (Å²) in [7, 11) is 0. The van der Waals surface area contributed by atoms with Gasteiger partial charge in [-0.3, -0.25) is 4.79 Å². The van der Waals surface area contributed by atoms with Gasteiger partial charge >= 0.3 is 5.97 Å². The van der Waals surface area contributed by atoms with E-state index in [1.54, 1.807) is 0 Å². The van der Waals surface area contributed by atoms with Crippen molar-refractivity contribution in [2.75, 3.05) is 6.61 Å². The molecule has 3 heteroatoms. The first-order valence-electron chi connectivity index (χ1n) is 4.15. The van der Waals surface area contributed by atoms with Gasteiger partial charge in [-0.1, -0.05) is 0 Å². The number of hydrogen-bond acceptors (Lipinski definition) is 3. The monoisotopic (exact) mass is 157 g/mol.